The molecule has 3 nitrogen and oxygen atoms in total. The van der Waals surface area contributed by atoms with Crippen molar-refractivity contribution in [2.45, 2.75) is 25.7 Å². The molecule has 1 saturated carbocycles. The van der Waals surface area contributed by atoms with Gasteiger partial charge in [0.15, 0.2) is 0 Å². The largest absolute Gasteiger partial charge is 0.426 e. The summed E-state index contributed by atoms with van der Waals surface area (Å²) in [4.78, 5) is 12.1. The maximum absolute atomic E-state index is 12.8. The topological polar surface area (TPSA) is 50.1 Å². The SMILES string of the molecule is N#CC=CC=C[C@H]1CC[C@H](C(=O)Oc2ccc(F)cc2)CC1. The van der Waals surface area contributed by atoms with E-state index in [-0.39, 0.29) is 17.7 Å². The van der Waals surface area contributed by atoms with Gasteiger partial charge in [-0.3, -0.25) is 4.79 Å². The highest BCUT2D eigenvalue weighted by atomic mass is 19.1. The van der Waals surface area contributed by atoms with E-state index in [1.165, 1.54) is 30.3 Å². The molecule has 1 aliphatic carbocycles. The first kappa shape index (κ1) is 16.0. The van der Waals surface area contributed by atoms with Crippen molar-refractivity contribution in [1.29, 1.82) is 5.26 Å². The van der Waals surface area contributed by atoms with E-state index in [2.05, 4.69) is 6.08 Å². The third kappa shape index (κ3) is 4.85. The van der Waals surface area contributed by atoms with Gasteiger partial charge >= 0.3 is 5.97 Å². The number of halogens is 1. The minimum atomic E-state index is -0.349. The van der Waals surface area contributed by atoms with Gasteiger partial charge in [-0.05, 0) is 55.9 Å². The van der Waals surface area contributed by atoms with Gasteiger partial charge in [0.1, 0.15) is 11.6 Å². The van der Waals surface area contributed by atoms with E-state index in [0.29, 0.717) is 11.7 Å². The quantitative estimate of drug-likeness (QED) is 0.363. The summed E-state index contributed by atoms with van der Waals surface area (Å²) in [6.07, 6.45) is 10.5. The summed E-state index contributed by atoms with van der Waals surface area (Å²) in [6.45, 7) is 0. The Bertz CT molecular complexity index is 591. The van der Waals surface area contributed by atoms with Crippen LogP contribution in [-0.4, -0.2) is 5.97 Å². The first-order chi connectivity index (χ1) is 10.7. The van der Waals surface area contributed by atoms with Crippen LogP contribution < -0.4 is 4.74 Å². The number of carbonyl (C=O) groups is 1. The molecule has 114 valence electrons. The molecule has 0 heterocycles. The maximum atomic E-state index is 12.8. The normalized spacial score (nSPS) is 21.8. The van der Waals surface area contributed by atoms with Gasteiger partial charge in [0.2, 0.25) is 0 Å². The van der Waals surface area contributed by atoms with Gasteiger partial charge in [0.25, 0.3) is 0 Å². The lowest BCUT2D eigenvalue weighted by Gasteiger charge is -2.25. The molecular weight excluding hydrogens is 281 g/mol. The molecule has 0 spiro atoms. The predicted octanol–water partition coefficient (Wildman–Crippen LogP) is 4.17. The van der Waals surface area contributed by atoms with Crippen molar-refractivity contribution in [3.05, 3.63) is 54.4 Å². The summed E-state index contributed by atoms with van der Waals surface area (Å²) in [5.74, 6) is 0.147. The van der Waals surface area contributed by atoms with E-state index in [4.69, 9.17) is 10.00 Å². The lowest BCUT2D eigenvalue weighted by Crippen LogP contribution is -2.25. The summed E-state index contributed by atoms with van der Waals surface area (Å²) in [6, 6.07) is 7.41. The molecule has 0 aromatic heterocycles. The standard InChI is InChI=1S/C18H18FNO2/c19-16-9-11-17(12-10-16)22-18(21)15-7-5-14(6-8-15)4-2-1-3-13-20/h1-4,9-12,14-15H,5-8H2/t14-,15-. The molecule has 1 aromatic carbocycles. The molecule has 0 atom stereocenters. The Morgan fingerprint density at radius 1 is 1.18 bits per heavy atom. The number of benzene rings is 1. The summed E-state index contributed by atoms with van der Waals surface area (Å²) in [5.41, 5.74) is 0. The van der Waals surface area contributed by atoms with Crippen LogP contribution in [0.1, 0.15) is 25.7 Å². The minimum absolute atomic E-state index is 0.0932. The molecule has 1 aromatic rings. The average Bonchev–Trinajstić information content (AvgIpc) is 2.54. The highest BCUT2D eigenvalue weighted by Crippen LogP contribution is 2.30. The Balaban J connectivity index is 1.80. The van der Waals surface area contributed by atoms with Crippen LogP contribution >= 0.6 is 0 Å². The summed E-state index contributed by atoms with van der Waals surface area (Å²) >= 11 is 0. The van der Waals surface area contributed by atoms with Crippen LogP contribution in [0.15, 0.2) is 48.6 Å². The fourth-order valence-electron chi connectivity index (χ4n) is 2.57. The first-order valence-electron chi connectivity index (χ1n) is 7.39. The fraction of sp³-hybridized carbons (Fsp3) is 0.333. The van der Waals surface area contributed by atoms with Gasteiger partial charge in [-0.2, -0.15) is 5.26 Å². The highest BCUT2D eigenvalue weighted by molar-refractivity contribution is 5.75. The number of ether oxygens (including phenoxy) is 1. The van der Waals surface area contributed by atoms with Crippen LogP contribution in [0, 0.1) is 29.0 Å². The molecule has 0 bridgehead atoms. The molecule has 2 rings (SSSR count). The van der Waals surface area contributed by atoms with Crippen molar-refractivity contribution in [2.75, 3.05) is 0 Å². The third-order valence-corrected chi connectivity index (χ3v) is 3.80. The molecule has 1 aliphatic rings. The minimum Gasteiger partial charge on any atom is -0.426 e. The van der Waals surface area contributed by atoms with Gasteiger partial charge in [-0.15, -0.1) is 0 Å². The average molecular weight is 299 g/mol. The molecule has 1 fully saturated rings. The summed E-state index contributed by atoms with van der Waals surface area (Å²) in [7, 11) is 0. The van der Waals surface area contributed by atoms with Gasteiger partial charge in [-0.1, -0.05) is 18.2 Å². The number of hydrogen-bond acceptors (Lipinski definition) is 3. The molecule has 4 heteroatoms. The second kappa shape index (κ2) is 8.14. The molecule has 0 aliphatic heterocycles. The lowest BCUT2D eigenvalue weighted by atomic mass is 9.82. The number of hydrogen-bond donors (Lipinski definition) is 0. The smallest absolute Gasteiger partial charge is 0.314 e. The monoisotopic (exact) mass is 299 g/mol. The molecule has 0 N–H and O–H groups in total. The molecule has 22 heavy (non-hydrogen) atoms. The van der Waals surface area contributed by atoms with Gasteiger partial charge < -0.3 is 4.74 Å². The van der Waals surface area contributed by atoms with Crippen molar-refractivity contribution in [3.8, 4) is 11.8 Å². The number of esters is 1. The van der Waals surface area contributed by atoms with E-state index in [0.717, 1.165) is 25.7 Å². The Morgan fingerprint density at radius 3 is 2.50 bits per heavy atom. The maximum Gasteiger partial charge on any atom is 0.314 e. The van der Waals surface area contributed by atoms with Gasteiger partial charge in [0.05, 0.1) is 12.0 Å². The van der Waals surface area contributed by atoms with Crippen LogP contribution in [0.4, 0.5) is 4.39 Å². The second-order valence-electron chi connectivity index (χ2n) is 5.36. The van der Waals surface area contributed by atoms with Gasteiger partial charge in [0, 0.05) is 6.08 Å². The Morgan fingerprint density at radius 2 is 1.86 bits per heavy atom. The van der Waals surface area contributed by atoms with Crippen LogP contribution in [0.2, 0.25) is 0 Å². The van der Waals surface area contributed by atoms with Crippen molar-refractivity contribution in [2.24, 2.45) is 11.8 Å². The van der Waals surface area contributed by atoms with Crippen molar-refractivity contribution in [3.63, 3.8) is 0 Å². The zero-order chi connectivity index (χ0) is 15.8. The van der Waals surface area contributed by atoms with Crippen LogP contribution in [-0.2, 0) is 4.79 Å². The number of nitrogens with zero attached hydrogens (tertiary/aromatic N) is 1. The summed E-state index contributed by atoms with van der Waals surface area (Å²) < 4.78 is 18.1. The van der Waals surface area contributed by atoms with Crippen molar-refractivity contribution in [1.82, 2.24) is 0 Å². The zero-order valence-corrected chi connectivity index (χ0v) is 12.2. The molecule has 0 radical (unpaired) electrons. The second-order valence-corrected chi connectivity index (χ2v) is 5.36. The van der Waals surface area contributed by atoms with Crippen LogP contribution in [0.25, 0.3) is 0 Å². The number of allylic oxidation sites excluding steroid dienone is 4. The molecule has 0 amide bonds. The van der Waals surface area contributed by atoms with Crippen LogP contribution in [0.3, 0.4) is 0 Å². The van der Waals surface area contributed by atoms with E-state index in [1.54, 1.807) is 6.08 Å². The fourth-order valence-corrected chi connectivity index (χ4v) is 2.57. The van der Waals surface area contributed by atoms with E-state index < -0.39 is 0 Å². The first-order valence-corrected chi connectivity index (χ1v) is 7.39. The lowest BCUT2D eigenvalue weighted by molar-refractivity contribution is -0.140. The van der Waals surface area contributed by atoms with Gasteiger partial charge in [-0.25, -0.2) is 4.39 Å². The van der Waals surface area contributed by atoms with E-state index in [1.807, 2.05) is 12.1 Å². The Kier molecular flexibility index (Phi) is 5.91. The van der Waals surface area contributed by atoms with Crippen molar-refractivity contribution < 1.29 is 13.9 Å². The number of nitriles is 1. The van der Waals surface area contributed by atoms with E-state index in [9.17, 15) is 9.18 Å². The zero-order valence-electron chi connectivity index (χ0n) is 12.2. The van der Waals surface area contributed by atoms with Crippen molar-refractivity contribution >= 4 is 5.97 Å². The molecular formula is C18H18FNO2. The number of rotatable bonds is 4. The predicted molar refractivity (Wildman–Crippen MR) is 81.4 cm³/mol. The molecule has 0 unspecified atom stereocenters. The highest BCUT2D eigenvalue weighted by Gasteiger charge is 2.26. The Labute approximate surface area is 129 Å². The molecule has 0 saturated heterocycles. The third-order valence-electron chi connectivity index (χ3n) is 3.80. The van der Waals surface area contributed by atoms with Crippen LogP contribution in [0.5, 0.6) is 5.75 Å². The Hall–Kier alpha value is -2.41. The summed E-state index contributed by atoms with van der Waals surface area (Å²) in [5, 5.41) is 8.39. The number of carbonyl (C=O) groups excluding carboxylic acids is 1. The van der Waals surface area contributed by atoms with E-state index >= 15 is 0 Å².